The molecule has 0 aromatic heterocycles. The number of benzene rings is 2. The summed E-state index contributed by atoms with van der Waals surface area (Å²) in [4.78, 5) is 37.6. The summed E-state index contributed by atoms with van der Waals surface area (Å²) in [5, 5.41) is 9.38. The number of hydrogen-bond donors (Lipinski definition) is 3. The summed E-state index contributed by atoms with van der Waals surface area (Å²) in [5.74, 6) is 2.61. The van der Waals surface area contributed by atoms with Crippen LogP contribution in [0.4, 0.5) is 0 Å². The summed E-state index contributed by atoms with van der Waals surface area (Å²) in [7, 11) is 0. The van der Waals surface area contributed by atoms with E-state index >= 15 is 0 Å². The van der Waals surface area contributed by atoms with Crippen molar-refractivity contribution >= 4 is 17.7 Å². The van der Waals surface area contributed by atoms with Gasteiger partial charge in [0.05, 0.1) is 0 Å². The van der Waals surface area contributed by atoms with Crippen LogP contribution < -0.4 is 34.9 Å². The minimum Gasteiger partial charge on any atom is -0.486 e. The molecule has 2 fully saturated rings. The summed E-state index contributed by atoms with van der Waals surface area (Å²) in [6.07, 6.45) is 3.54. The first-order chi connectivity index (χ1) is 20.0. The monoisotopic (exact) mass is 566 g/mol. The lowest BCUT2D eigenvalue weighted by Gasteiger charge is -2.31. The molecule has 6 rings (SSSR count). The van der Waals surface area contributed by atoms with Crippen LogP contribution in [0.5, 0.6) is 23.0 Å². The quantitative estimate of drug-likeness (QED) is 0.514. The van der Waals surface area contributed by atoms with Gasteiger partial charge in [0, 0.05) is 43.2 Å². The van der Waals surface area contributed by atoms with Gasteiger partial charge in [-0.05, 0) is 75.2 Å². The van der Waals surface area contributed by atoms with Crippen LogP contribution in [0.1, 0.15) is 53.3 Å². The zero-order chi connectivity index (χ0) is 28.6. The summed E-state index contributed by atoms with van der Waals surface area (Å²) >= 11 is 0. The van der Waals surface area contributed by atoms with Crippen LogP contribution in [-0.4, -0.2) is 87.3 Å². The Morgan fingerprint density at radius 2 is 1.12 bits per heavy atom. The van der Waals surface area contributed by atoms with E-state index < -0.39 is 0 Å². The van der Waals surface area contributed by atoms with Crippen LogP contribution in [0.2, 0.25) is 0 Å². The number of piperidine rings is 2. The molecule has 2 aromatic carbocycles. The van der Waals surface area contributed by atoms with Gasteiger partial charge in [0.1, 0.15) is 26.4 Å². The van der Waals surface area contributed by atoms with E-state index in [0.717, 1.165) is 38.8 Å². The first kappa shape index (κ1) is 28.5. The first-order valence-corrected chi connectivity index (χ1v) is 14.3. The molecule has 11 heteroatoms. The Balaban J connectivity index is 0.000000166. The number of carbonyl (C=O) groups excluding carboxylic acids is 3. The number of carbonyl (C=O) groups is 3. The minimum atomic E-state index is -0.113. The average Bonchev–Trinajstić information content (AvgIpc) is 3.01. The fraction of sp³-hybridized carbons (Fsp3) is 0.500. The molecule has 4 heterocycles. The lowest BCUT2D eigenvalue weighted by Crippen LogP contribution is -2.46. The Morgan fingerprint density at radius 3 is 1.59 bits per heavy atom. The topological polar surface area (TPSA) is 127 Å². The van der Waals surface area contributed by atoms with E-state index in [0.29, 0.717) is 73.6 Å². The fourth-order valence-electron chi connectivity index (χ4n) is 5.21. The van der Waals surface area contributed by atoms with Gasteiger partial charge in [0.15, 0.2) is 23.0 Å². The fourth-order valence-corrected chi connectivity index (χ4v) is 5.21. The third kappa shape index (κ3) is 7.60. The molecule has 0 atom stereocenters. The van der Waals surface area contributed by atoms with Crippen molar-refractivity contribution < 1.29 is 33.3 Å². The van der Waals surface area contributed by atoms with E-state index in [1.54, 1.807) is 43.3 Å². The number of ether oxygens (including phenoxy) is 4. The van der Waals surface area contributed by atoms with Crippen molar-refractivity contribution in [1.29, 1.82) is 0 Å². The zero-order valence-electron chi connectivity index (χ0n) is 23.4. The van der Waals surface area contributed by atoms with Gasteiger partial charge in [0.2, 0.25) is 5.91 Å². The summed E-state index contributed by atoms with van der Waals surface area (Å²) in [6, 6.07) is 10.9. The number of amides is 3. The summed E-state index contributed by atoms with van der Waals surface area (Å²) in [5.41, 5.74) is 1.20. The highest BCUT2D eigenvalue weighted by atomic mass is 16.6. The van der Waals surface area contributed by atoms with Crippen molar-refractivity contribution in [3.8, 4) is 23.0 Å². The van der Waals surface area contributed by atoms with Gasteiger partial charge in [-0.25, -0.2) is 0 Å². The Hall–Kier alpha value is -3.99. The molecule has 4 aliphatic rings. The number of fused-ring (bicyclic) bond motifs is 2. The van der Waals surface area contributed by atoms with E-state index in [4.69, 9.17) is 18.9 Å². The highest BCUT2D eigenvalue weighted by Gasteiger charge is 2.23. The average molecular weight is 567 g/mol. The Morgan fingerprint density at radius 1 is 0.683 bits per heavy atom. The SMILES string of the molecule is CC(=O)N1CCC(NC(=O)c2ccc3c(c2)OCCO3)CC1.O=C(NC1CCNCC1)c1ccc2c(c1)OCCO2. The van der Waals surface area contributed by atoms with Gasteiger partial charge in [-0.3, -0.25) is 14.4 Å². The summed E-state index contributed by atoms with van der Waals surface area (Å²) < 4.78 is 21.9. The van der Waals surface area contributed by atoms with Crippen molar-refractivity contribution in [1.82, 2.24) is 20.9 Å². The molecule has 0 spiro atoms. The van der Waals surface area contributed by atoms with Crippen LogP contribution in [0.15, 0.2) is 36.4 Å². The second-order valence-electron chi connectivity index (χ2n) is 10.5. The summed E-state index contributed by atoms with van der Waals surface area (Å²) in [6.45, 7) is 7.03. The molecule has 0 aliphatic carbocycles. The molecule has 41 heavy (non-hydrogen) atoms. The van der Waals surface area contributed by atoms with Gasteiger partial charge in [0.25, 0.3) is 11.8 Å². The maximum atomic E-state index is 12.3. The minimum absolute atomic E-state index is 0.0381. The van der Waals surface area contributed by atoms with Crippen molar-refractivity contribution in [2.75, 3.05) is 52.6 Å². The van der Waals surface area contributed by atoms with Gasteiger partial charge < -0.3 is 39.8 Å². The van der Waals surface area contributed by atoms with E-state index in [9.17, 15) is 14.4 Å². The Labute approximate surface area is 239 Å². The van der Waals surface area contributed by atoms with Gasteiger partial charge >= 0.3 is 0 Å². The van der Waals surface area contributed by atoms with Crippen LogP contribution in [0, 0.1) is 0 Å². The molecular formula is C30H38N4O7. The molecule has 0 radical (unpaired) electrons. The molecule has 3 N–H and O–H groups in total. The maximum Gasteiger partial charge on any atom is 0.251 e. The van der Waals surface area contributed by atoms with E-state index in [-0.39, 0.29) is 29.8 Å². The normalized spacial score (nSPS) is 18.4. The third-order valence-corrected chi connectivity index (χ3v) is 7.56. The highest BCUT2D eigenvalue weighted by molar-refractivity contribution is 5.95. The van der Waals surface area contributed by atoms with Crippen molar-refractivity contribution in [2.45, 2.75) is 44.7 Å². The standard InChI is InChI=1S/C16H20N2O4.C14H18N2O3/c1-11(19)18-6-4-13(5-7-18)17-16(20)12-2-3-14-15(10-12)22-9-8-21-14;17-14(16-11-3-5-15-6-4-11)10-1-2-12-13(9-10)19-8-7-18-12/h2-3,10,13H,4-9H2,1H3,(H,17,20);1-2,9,11,15H,3-8H2,(H,16,17). The molecule has 3 amide bonds. The van der Waals surface area contributed by atoms with E-state index in [1.165, 1.54) is 0 Å². The molecule has 11 nitrogen and oxygen atoms in total. The third-order valence-electron chi connectivity index (χ3n) is 7.56. The lowest BCUT2D eigenvalue weighted by atomic mass is 10.0. The number of nitrogens with one attached hydrogen (secondary N) is 3. The second-order valence-corrected chi connectivity index (χ2v) is 10.5. The molecule has 2 aromatic rings. The number of hydrogen-bond acceptors (Lipinski definition) is 8. The molecule has 4 aliphatic heterocycles. The molecule has 0 bridgehead atoms. The molecule has 2 saturated heterocycles. The first-order valence-electron chi connectivity index (χ1n) is 14.3. The maximum absolute atomic E-state index is 12.3. The van der Waals surface area contributed by atoms with Crippen LogP contribution in [0.25, 0.3) is 0 Å². The van der Waals surface area contributed by atoms with Gasteiger partial charge in [-0.1, -0.05) is 0 Å². The molecule has 220 valence electrons. The van der Waals surface area contributed by atoms with Gasteiger partial charge in [-0.2, -0.15) is 0 Å². The Kier molecular flexibility index (Phi) is 9.45. The zero-order valence-corrected chi connectivity index (χ0v) is 23.4. The van der Waals surface area contributed by atoms with Crippen molar-refractivity contribution in [3.05, 3.63) is 47.5 Å². The van der Waals surface area contributed by atoms with E-state index in [2.05, 4.69) is 16.0 Å². The van der Waals surface area contributed by atoms with Crippen LogP contribution in [-0.2, 0) is 4.79 Å². The molecule has 0 saturated carbocycles. The van der Waals surface area contributed by atoms with Crippen molar-refractivity contribution in [3.63, 3.8) is 0 Å². The lowest BCUT2D eigenvalue weighted by molar-refractivity contribution is -0.129. The predicted molar refractivity (Wildman–Crippen MR) is 151 cm³/mol. The van der Waals surface area contributed by atoms with Crippen LogP contribution >= 0.6 is 0 Å². The predicted octanol–water partition coefficient (Wildman–Crippen LogP) is 2.14. The smallest absolute Gasteiger partial charge is 0.251 e. The largest absolute Gasteiger partial charge is 0.486 e. The molecular weight excluding hydrogens is 528 g/mol. The number of likely N-dealkylation sites (tertiary alicyclic amines) is 1. The molecule has 0 unspecified atom stereocenters. The van der Waals surface area contributed by atoms with Crippen molar-refractivity contribution in [2.24, 2.45) is 0 Å². The van der Waals surface area contributed by atoms with Crippen LogP contribution in [0.3, 0.4) is 0 Å². The van der Waals surface area contributed by atoms with E-state index in [1.807, 2.05) is 4.90 Å². The number of nitrogens with zero attached hydrogens (tertiary/aromatic N) is 1. The number of rotatable bonds is 4. The second kappa shape index (κ2) is 13.6. The highest BCUT2D eigenvalue weighted by Crippen LogP contribution is 2.31. The Bertz CT molecular complexity index is 1240. The van der Waals surface area contributed by atoms with Gasteiger partial charge in [-0.15, -0.1) is 0 Å².